The van der Waals surface area contributed by atoms with Crippen molar-refractivity contribution in [3.05, 3.63) is 23.8 Å². The lowest BCUT2D eigenvalue weighted by Gasteiger charge is -2.07. The zero-order chi connectivity index (χ0) is 11.4. The van der Waals surface area contributed by atoms with Gasteiger partial charge in [-0.3, -0.25) is 0 Å². The Kier molecular flexibility index (Phi) is 3.64. The molecule has 0 amide bonds. The van der Waals surface area contributed by atoms with Crippen molar-refractivity contribution in [2.75, 3.05) is 19.9 Å². The fourth-order valence-electron chi connectivity index (χ4n) is 1.66. The second kappa shape index (κ2) is 5.18. The Morgan fingerprint density at radius 2 is 2.19 bits per heavy atom. The molecular formula is C12H18N2O2. The third kappa shape index (κ3) is 2.87. The van der Waals surface area contributed by atoms with Crippen molar-refractivity contribution < 1.29 is 9.47 Å². The van der Waals surface area contributed by atoms with Gasteiger partial charge >= 0.3 is 0 Å². The molecule has 0 aromatic heterocycles. The highest BCUT2D eigenvalue weighted by Gasteiger charge is 2.12. The first-order chi connectivity index (χ1) is 7.75. The standard InChI is InChI=1S/C12H18N2O2/c1-9(13)7-14-5-4-10-2-3-11-12(6-10)16-8-15-11/h2-3,6,9,14H,4-5,7-8,13H2,1H3. The van der Waals surface area contributed by atoms with Gasteiger partial charge in [0, 0.05) is 12.6 Å². The van der Waals surface area contributed by atoms with Gasteiger partial charge in [0.15, 0.2) is 11.5 Å². The molecule has 3 N–H and O–H groups in total. The van der Waals surface area contributed by atoms with Gasteiger partial charge in [0.05, 0.1) is 0 Å². The largest absolute Gasteiger partial charge is 0.454 e. The van der Waals surface area contributed by atoms with Crippen LogP contribution in [0, 0.1) is 0 Å². The molecule has 1 aliphatic heterocycles. The zero-order valence-corrected chi connectivity index (χ0v) is 9.53. The summed E-state index contributed by atoms with van der Waals surface area (Å²) in [5.74, 6) is 1.69. The van der Waals surface area contributed by atoms with Gasteiger partial charge in [-0.1, -0.05) is 6.07 Å². The normalized spacial score (nSPS) is 15.1. The predicted molar refractivity (Wildman–Crippen MR) is 62.8 cm³/mol. The van der Waals surface area contributed by atoms with E-state index in [-0.39, 0.29) is 6.04 Å². The minimum absolute atomic E-state index is 0.205. The minimum Gasteiger partial charge on any atom is -0.454 e. The number of fused-ring (bicyclic) bond motifs is 1. The quantitative estimate of drug-likeness (QED) is 0.727. The average Bonchev–Trinajstić information content (AvgIpc) is 2.71. The number of hydrogen-bond donors (Lipinski definition) is 2. The zero-order valence-electron chi connectivity index (χ0n) is 9.53. The van der Waals surface area contributed by atoms with Crippen molar-refractivity contribution in [1.82, 2.24) is 5.32 Å². The van der Waals surface area contributed by atoms with E-state index in [2.05, 4.69) is 11.4 Å². The SMILES string of the molecule is CC(N)CNCCc1ccc2c(c1)OCO2. The van der Waals surface area contributed by atoms with Crippen molar-refractivity contribution in [3.8, 4) is 11.5 Å². The van der Waals surface area contributed by atoms with Gasteiger partial charge < -0.3 is 20.5 Å². The molecule has 2 rings (SSSR count). The summed E-state index contributed by atoms with van der Waals surface area (Å²) in [5, 5.41) is 3.30. The number of hydrogen-bond acceptors (Lipinski definition) is 4. The molecular weight excluding hydrogens is 204 g/mol. The first kappa shape index (κ1) is 11.2. The molecule has 1 aliphatic rings. The Morgan fingerprint density at radius 3 is 3.00 bits per heavy atom. The monoisotopic (exact) mass is 222 g/mol. The second-order valence-corrected chi connectivity index (χ2v) is 4.12. The van der Waals surface area contributed by atoms with Gasteiger partial charge in [0.1, 0.15) is 0 Å². The van der Waals surface area contributed by atoms with Crippen LogP contribution in [-0.2, 0) is 6.42 Å². The summed E-state index contributed by atoms with van der Waals surface area (Å²) in [4.78, 5) is 0. The predicted octanol–water partition coefficient (Wildman–Crippen LogP) is 0.895. The van der Waals surface area contributed by atoms with E-state index in [0.717, 1.165) is 31.0 Å². The first-order valence-corrected chi connectivity index (χ1v) is 5.60. The first-order valence-electron chi connectivity index (χ1n) is 5.60. The molecule has 0 saturated carbocycles. The molecule has 16 heavy (non-hydrogen) atoms. The van der Waals surface area contributed by atoms with Gasteiger partial charge in [-0.2, -0.15) is 0 Å². The lowest BCUT2D eigenvalue weighted by atomic mass is 10.1. The summed E-state index contributed by atoms with van der Waals surface area (Å²) in [6, 6.07) is 6.27. The van der Waals surface area contributed by atoms with Crippen LogP contribution in [0.3, 0.4) is 0 Å². The van der Waals surface area contributed by atoms with E-state index in [1.807, 2.05) is 19.1 Å². The molecule has 1 aromatic rings. The number of nitrogens with one attached hydrogen (secondary N) is 1. The highest BCUT2D eigenvalue weighted by atomic mass is 16.7. The summed E-state index contributed by atoms with van der Waals surface area (Å²) in [6.07, 6.45) is 0.976. The fraction of sp³-hybridized carbons (Fsp3) is 0.500. The van der Waals surface area contributed by atoms with Crippen molar-refractivity contribution in [1.29, 1.82) is 0 Å². The Labute approximate surface area is 95.7 Å². The Bertz CT molecular complexity index is 353. The number of rotatable bonds is 5. The molecule has 0 bridgehead atoms. The van der Waals surface area contributed by atoms with Gasteiger partial charge in [0.2, 0.25) is 6.79 Å². The summed E-state index contributed by atoms with van der Waals surface area (Å²) in [7, 11) is 0. The van der Waals surface area contributed by atoms with Crippen LogP contribution in [0.2, 0.25) is 0 Å². The molecule has 1 unspecified atom stereocenters. The van der Waals surface area contributed by atoms with E-state index in [1.54, 1.807) is 0 Å². The Hall–Kier alpha value is -1.26. The molecule has 4 nitrogen and oxygen atoms in total. The molecule has 1 atom stereocenters. The molecule has 88 valence electrons. The molecule has 4 heteroatoms. The van der Waals surface area contributed by atoms with E-state index >= 15 is 0 Å². The third-order valence-corrected chi connectivity index (χ3v) is 2.49. The van der Waals surface area contributed by atoms with E-state index < -0.39 is 0 Å². The maximum atomic E-state index is 5.65. The van der Waals surface area contributed by atoms with Crippen LogP contribution in [0.4, 0.5) is 0 Å². The molecule has 1 heterocycles. The van der Waals surface area contributed by atoms with E-state index in [9.17, 15) is 0 Å². The van der Waals surface area contributed by atoms with Crippen LogP contribution in [0.1, 0.15) is 12.5 Å². The van der Waals surface area contributed by atoms with Crippen molar-refractivity contribution in [3.63, 3.8) is 0 Å². The summed E-state index contributed by atoms with van der Waals surface area (Å²) < 4.78 is 10.6. The van der Waals surface area contributed by atoms with Crippen LogP contribution >= 0.6 is 0 Å². The number of ether oxygens (including phenoxy) is 2. The van der Waals surface area contributed by atoms with Crippen LogP contribution in [0.5, 0.6) is 11.5 Å². The van der Waals surface area contributed by atoms with Gasteiger partial charge in [-0.25, -0.2) is 0 Å². The lowest BCUT2D eigenvalue weighted by molar-refractivity contribution is 0.174. The van der Waals surface area contributed by atoms with Crippen molar-refractivity contribution in [2.45, 2.75) is 19.4 Å². The maximum absolute atomic E-state index is 5.65. The van der Waals surface area contributed by atoms with Crippen LogP contribution in [0.25, 0.3) is 0 Å². The summed E-state index contributed by atoms with van der Waals surface area (Å²) >= 11 is 0. The van der Waals surface area contributed by atoms with E-state index in [0.29, 0.717) is 6.79 Å². The van der Waals surface area contributed by atoms with Gasteiger partial charge in [-0.05, 0) is 37.6 Å². The second-order valence-electron chi connectivity index (χ2n) is 4.12. The molecule has 0 aliphatic carbocycles. The van der Waals surface area contributed by atoms with Crippen LogP contribution < -0.4 is 20.5 Å². The third-order valence-electron chi connectivity index (χ3n) is 2.49. The molecule has 0 radical (unpaired) electrons. The smallest absolute Gasteiger partial charge is 0.231 e. The average molecular weight is 222 g/mol. The lowest BCUT2D eigenvalue weighted by Crippen LogP contribution is -2.32. The topological polar surface area (TPSA) is 56.5 Å². The minimum atomic E-state index is 0.205. The fourth-order valence-corrected chi connectivity index (χ4v) is 1.66. The van der Waals surface area contributed by atoms with Crippen LogP contribution in [0.15, 0.2) is 18.2 Å². The number of benzene rings is 1. The molecule has 1 aromatic carbocycles. The molecule has 0 fully saturated rings. The van der Waals surface area contributed by atoms with Gasteiger partial charge in [-0.15, -0.1) is 0 Å². The maximum Gasteiger partial charge on any atom is 0.231 e. The van der Waals surface area contributed by atoms with E-state index in [4.69, 9.17) is 15.2 Å². The van der Waals surface area contributed by atoms with Gasteiger partial charge in [0.25, 0.3) is 0 Å². The summed E-state index contributed by atoms with van der Waals surface area (Å²) in [5.41, 5.74) is 6.90. The van der Waals surface area contributed by atoms with Crippen LogP contribution in [-0.4, -0.2) is 25.9 Å². The van der Waals surface area contributed by atoms with Crippen molar-refractivity contribution in [2.24, 2.45) is 5.73 Å². The van der Waals surface area contributed by atoms with Crippen molar-refractivity contribution >= 4 is 0 Å². The Morgan fingerprint density at radius 1 is 1.38 bits per heavy atom. The Balaban J connectivity index is 1.81. The highest BCUT2D eigenvalue weighted by Crippen LogP contribution is 2.32. The van der Waals surface area contributed by atoms with E-state index in [1.165, 1.54) is 5.56 Å². The molecule has 0 spiro atoms. The molecule has 0 saturated heterocycles. The summed E-state index contributed by atoms with van der Waals surface area (Å²) in [6.45, 7) is 4.11. The number of nitrogens with two attached hydrogens (primary N) is 1. The highest BCUT2D eigenvalue weighted by molar-refractivity contribution is 5.44.